The van der Waals surface area contributed by atoms with E-state index in [2.05, 4.69) is 67.6 Å². The van der Waals surface area contributed by atoms with Crippen LogP contribution in [0, 0.1) is 0 Å². The van der Waals surface area contributed by atoms with Crippen LogP contribution in [0.2, 0.25) is 0 Å². The van der Waals surface area contributed by atoms with Gasteiger partial charge in [0.15, 0.2) is 0 Å². The van der Waals surface area contributed by atoms with Crippen molar-refractivity contribution in [3.05, 3.63) is 66.2 Å². The summed E-state index contributed by atoms with van der Waals surface area (Å²) in [5, 5.41) is 2.72. The molecule has 0 amide bonds. The maximum absolute atomic E-state index is 2.32. The van der Waals surface area contributed by atoms with Gasteiger partial charge in [-0.05, 0) is 12.0 Å². The molecule has 3 rings (SSSR count). The topological polar surface area (TPSA) is 0 Å². The quantitative estimate of drug-likeness (QED) is 0.274. The predicted octanol–water partition coefficient (Wildman–Crippen LogP) is -1.21. The first kappa shape index (κ1) is 19.9. The van der Waals surface area contributed by atoms with Gasteiger partial charge in [0, 0.05) is 25.8 Å². The van der Waals surface area contributed by atoms with Crippen LogP contribution in [0.3, 0.4) is 0 Å². The second-order valence-corrected chi connectivity index (χ2v) is 4.39. The third kappa shape index (κ3) is 3.96. The first-order valence-electron chi connectivity index (χ1n) is 6.12. The molecule has 0 nitrogen and oxygen atoms in total. The van der Waals surface area contributed by atoms with Crippen LogP contribution in [-0.4, -0.2) is 0 Å². The second-order valence-electron chi connectivity index (χ2n) is 4.39. The summed E-state index contributed by atoms with van der Waals surface area (Å²) in [4.78, 5) is 0. The van der Waals surface area contributed by atoms with Crippen molar-refractivity contribution in [1.29, 1.82) is 0 Å². The fourth-order valence-corrected chi connectivity index (χ4v) is 2.37. The molecular formula is C17H15Br2Hf-3. The molecule has 3 heteroatoms. The molecular weight excluding hydrogens is 542 g/mol. The zero-order valence-electron chi connectivity index (χ0n) is 11.2. The molecule has 0 spiro atoms. The molecule has 0 aliphatic carbocycles. The first-order chi connectivity index (χ1) is 8.38. The van der Waals surface area contributed by atoms with Crippen LogP contribution in [0.15, 0.2) is 60.7 Å². The van der Waals surface area contributed by atoms with E-state index < -0.39 is 0 Å². The smallest absolute Gasteiger partial charge is 0 e. The summed E-state index contributed by atoms with van der Waals surface area (Å²) < 4.78 is 0. The molecule has 0 aromatic heterocycles. The Labute approximate surface area is 160 Å². The molecule has 0 heterocycles. The minimum Gasteiger partial charge on any atom is -1.00 e. The average molecular weight is 558 g/mol. The van der Waals surface area contributed by atoms with Gasteiger partial charge in [0.1, 0.15) is 0 Å². The molecule has 0 unspecified atom stereocenters. The van der Waals surface area contributed by atoms with Crippen LogP contribution >= 0.6 is 0 Å². The second kappa shape index (κ2) is 9.01. The number of hydrogen-bond acceptors (Lipinski definition) is 0. The van der Waals surface area contributed by atoms with Crippen LogP contribution in [0.5, 0.6) is 0 Å². The molecule has 0 atom stereocenters. The predicted molar refractivity (Wildman–Crippen MR) is 74.4 cm³/mol. The monoisotopic (exact) mass is 557 g/mol. The number of hydrogen-bond donors (Lipinski definition) is 0. The van der Waals surface area contributed by atoms with Gasteiger partial charge < -0.3 is 34.0 Å². The number of fused-ring (bicyclic) bond motifs is 1. The average Bonchev–Trinajstić information content (AvgIpc) is 2.82. The minimum atomic E-state index is 0. The van der Waals surface area contributed by atoms with Crippen molar-refractivity contribution in [2.45, 2.75) is 13.3 Å². The minimum absolute atomic E-state index is 0. The third-order valence-electron chi connectivity index (χ3n) is 3.30. The maximum atomic E-state index is 2.32. The number of benzene rings is 2. The first-order valence-corrected chi connectivity index (χ1v) is 6.12. The number of aryl methyl sites for hydroxylation is 1. The largest absolute Gasteiger partial charge is 1.00 e. The molecule has 20 heavy (non-hydrogen) atoms. The van der Waals surface area contributed by atoms with Crippen molar-refractivity contribution in [3.8, 4) is 11.1 Å². The number of rotatable bonds is 2. The van der Waals surface area contributed by atoms with Crippen LogP contribution in [0.4, 0.5) is 0 Å². The van der Waals surface area contributed by atoms with E-state index in [-0.39, 0.29) is 59.8 Å². The Bertz CT molecular complexity index is 644. The van der Waals surface area contributed by atoms with Crippen molar-refractivity contribution in [1.82, 2.24) is 0 Å². The van der Waals surface area contributed by atoms with Crippen LogP contribution in [0.1, 0.15) is 12.5 Å². The van der Waals surface area contributed by atoms with Crippen molar-refractivity contribution in [2.75, 3.05) is 0 Å². The summed E-state index contributed by atoms with van der Waals surface area (Å²) >= 11 is 0. The number of halogens is 2. The van der Waals surface area contributed by atoms with Crippen LogP contribution < -0.4 is 34.0 Å². The Hall–Kier alpha value is -0.120. The Balaban J connectivity index is 0.00000120. The van der Waals surface area contributed by atoms with E-state index >= 15 is 0 Å². The van der Waals surface area contributed by atoms with Gasteiger partial charge in [-0.3, -0.25) is 0 Å². The van der Waals surface area contributed by atoms with Gasteiger partial charge in [-0.1, -0.05) is 48.9 Å². The third-order valence-corrected chi connectivity index (χ3v) is 3.30. The SMILES string of the molecule is CCc1cc2c(-c3ccccc3)cccc2[cH-]1.[Br-].[Br-].[Hf]. The van der Waals surface area contributed by atoms with E-state index in [9.17, 15) is 0 Å². The van der Waals surface area contributed by atoms with Crippen molar-refractivity contribution in [2.24, 2.45) is 0 Å². The molecule has 0 saturated heterocycles. The van der Waals surface area contributed by atoms with Gasteiger partial charge in [-0.25, -0.2) is 0 Å². The van der Waals surface area contributed by atoms with E-state index in [0.29, 0.717) is 0 Å². The molecule has 0 saturated carbocycles. The summed E-state index contributed by atoms with van der Waals surface area (Å²) in [5.74, 6) is 0. The summed E-state index contributed by atoms with van der Waals surface area (Å²) in [7, 11) is 0. The molecule has 0 aliphatic rings. The normalized spacial score (nSPS) is 9.25. The van der Waals surface area contributed by atoms with Gasteiger partial charge in [-0.15, -0.1) is 34.5 Å². The standard InChI is InChI=1S/C17H15.2BrH.Hf/c1-2-13-11-15-9-6-10-16(17(15)12-13)14-7-4-3-5-8-14;;;/h3-12H,2H2,1H3;2*1H;/q-1;;;/p-2. The summed E-state index contributed by atoms with van der Waals surface area (Å²) in [6.45, 7) is 2.20. The molecule has 0 radical (unpaired) electrons. The Morgan fingerprint density at radius 2 is 1.60 bits per heavy atom. The maximum Gasteiger partial charge on any atom is 0 e. The summed E-state index contributed by atoms with van der Waals surface area (Å²) in [6.07, 6.45) is 1.10. The molecule has 0 bridgehead atoms. The van der Waals surface area contributed by atoms with Crippen molar-refractivity contribution >= 4 is 10.8 Å². The van der Waals surface area contributed by atoms with E-state index in [1.807, 2.05) is 0 Å². The Morgan fingerprint density at radius 3 is 2.25 bits per heavy atom. The Morgan fingerprint density at radius 1 is 0.900 bits per heavy atom. The molecule has 3 aromatic carbocycles. The Kier molecular flexibility index (Phi) is 8.96. The van der Waals surface area contributed by atoms with E-state index in [1.54, 1.807) is 0 Å². The van der Waals surface area contributed by atoms with Crippen LogP contribution in [0.25, 0.3) is 21.9 Å². The van der Waals surface area contributed by atoms with E-state index in [4.69, 9.17) is 0 Å². The van der Waals surface area contributed by atoms with Gasteiger partial charge in [0.2, 0.25) is 0 Å². The molecule has 0 N–H and O–H groups in total. The zero-order chi connectivity index (χ0) is 11.7. The molecule has 0 fully saturated rings. The fourth-order valence-electron chi connectivity index (χ4n) is 2.37. The van der Waals surface area contributed by atoms with E-state index in [0.717, 1.165) is 6.42 Å². The molecule has 0 aliphatic heterocycles. The summed E-state index contributed by atoms with van der Waals surface area (Å²) in [5.41, 5.74) is 4.05. The summed E-state index contributed by atoms with van der Waals surface area (Å²) in [6, 6.07) is 21.8. The van der Waals surface area contributed by atoms with E-state index in [1.165, 1.54) is 27.5 Å². The van der Waals surface area contributed by atoms with Crippen molar-refractivity contribution in [3.63, 3.8) is 0 Å². The fraction of sp³-hybridized carbons (Fsp3) is 0.118. The molecule has 104 valence electrons. The van der Waals surface area contributed by atoms with Gasteiger partial charge in [-0.2, -0.15) is 6.07 Å². The van der Waals surface area contributed by atoms with Gasteiger partial charge in [0.05, 0.1) is 0 Å². The van der Waals surface area contributed by atoms with Gasteiger partial charge >= 0.3 is 0 Å². The van der Waals surface area contributed by atoms with Crippen molar-refractivity contribution < 1.29 is 59.8 Å². The van der Waals surface area contributed by atoms with Crippen LogP contribution in [-0.2, 0) is 32.3 Å². The zero-order valence-corrected chi connectivity index (χ0v) is 18.0. The molecule has 3 aromatic rings. The van der Waals surface area contributed by atoms with Gasteiger partial charge in [0.25, 0.3) is 0 Å².